The maximum absolute atomic E-state index is 13.1. The average molecular weight is 324 g/mol. The summed E-state index contributed by atoms with van der Waals surface area (Å²) in [5, 5.41) is 0.435. The minimum absolute atomic E-state index is 0.0804. The Morgan fingerprint density at radius 1 is 1.05 bits per heavy atom. The minimum Gasteiger partial charge on any atom is -0.300 e. The van der Waals surface area contributed by atoms with Crippen LogP contribution in [-0.4, -0.2) is 11.7 Å². The second-order valence-corrected chi connectivity index (χ2v) is 5.40. The summed E-state index contributed by atoms with van der Waals surface area (Å²) in [7, 11) is 0. The van der Waals surface area contributed by atoms with Gasteiger partial charge >= 0.3 is 0 Å². The van der Waals surface area contributed by atoms with Crippen LogP contribution in [0.25, 0.3) is 0 Å². The zero-order valence-electron chi connectivity index (χ0n) is 10.6. The van der Waals surface area contributed by atoms with E-state index < -0.39 is 17.5 Å². The fourth-order valence-electron chi connectivity index (χ4n) is 2.28. The molecule has 1 amide bonds. The van der Waals surface area contributed by atoms with E-state index in [1.165, 1.54) is 17.0 Å². The zero-order valence-corrected chi connectivity index (χ0v) is 12.1. The number of Topliss-reactive ketones (excluding diaryl/α,β-unsaturated/α-hetero) is 1. The maximum atomic E-state index is 13.1. The lowest BCUT2D eigenvalue weighted by atomic mass is 10.1. The highest BCUT2D eigenvalue weighted by Gasteiger charge is 2.37. The predicted octanol–water partition coefficient (Wildman–Crippen LogP) is 3.86. The summed E-state index contributed by atoms with van der Waals surface area (Å²) in [4.78, 5) is 25.4. The van der Waals surface area contributed by atoms with E-state index in [-0.39, 0.29) is 22.2 Å². The van der Waals surface area contributed by atoms with Crippen molar-refractivity contribution in [3.8, 4) is 0 Å². The molecule has 0 unspecified atom stereocenters. The SMILES string of the molecule is O=C1C(=O)N(Cc2ccc(F)cc2Cl)c2cccc(Cl)c21. The number of nitrogens with zero attached hydrogens (tertiary/aromatic N) is 1. The average Bonchev–Trinajstić information content (AvgIpc) is 2.68. The van der Waals surface area contributed by atoms with Crippen LogP contribution in [0.5, 0.6) is 0 Å². The molecular weight excluding hydrogens is 316 g/mol. The number of halogens is 3. The maximum Gasteiger partial charge on any atom is 0.299 e. The Balaban J connectivity index is 2.03. The standard InChI is InChI=1S/C15H8Cl2FNO2/c16-10-2-1-3-12-13(10)14(20)15(21)19(12)7-8-4-5-9(18)6-11(8)17/h1-6H,7H2. The number of fused-ring (bicyclic) bond motifs is 1. The van der Waals surface area contributed by atoms with E-state index in [2.05, 4.69) is 0 Å². The second kappa shape index (κ2) is 5.13. The lowest BCUT2D eigenvalue weighted by molar-refractivity contribution is -0.114. The largest absolute Gasteiger partial charge is 0.300 e. The zero-order chi connectivity index (χ0) is 15.1. The Bertz CT molecular complexity index is 776. The number of anilines is 1. The number of hydrogen-bond acceptors (Lipinski definition) is 2. The summed E-state index contributed by atoms with van der Waals surface area (Å²) >= 11 is 11.9. The van der Waals surface area contributed by atoms with Crippen LogP contribution in [0.3, 0.4) is 0 Å². The van der Waals surface area contributed by atoms with Gasteiger partial charge in [0, 0.05) is 5.02 Å². The van der Waals surface area contributed by atoms with Crippen LogP contribution >= 0.6 is 23.2 Å². The molecule has 0 spiro atoms. The van der Waals surface area contributed by atoms with Crippen LogP contribution in [0.2, 0.25) is 10.0 Å². The van der Waals surface area contributed by atoms with Gasteiger partial charge in [-0.2, -0.15) is 0 Å². The Labute approximate surface area is 129 Å². The van der Waals surface area contributed by atoms with Crippen molar-refractivity contribution in [2.24, 2.45) is 0 Å². The fraction of sp³-hybridized carbons (Fsp3) is 0.0667. The smallest absolute Gasteiger partial charge is 0.299 e. The molecule has 2 aromatic carbocycles. The van der Waals surface area contributed by atoms with Crippen LogP contribution in [-0.2, 0) is 11.3 Å². The monoisotopic (exact) mass is 323 g/mol. The molecule has 0 saturated carbocycles. The molecule has 1 aliphatic heterocycles. The topological polar surface area (TPSA) is 37.4 Å². The number of carbonyl (C=O) groups excluding carboxylic acids is 2. The van der Waals surface area contributed by atoms with Gasteiger partial charge < -0.3 is 4.90 Å². The van der Waals surface area contributed by atoms with Gasteiger partial charge in [-0.25, -0.2) is 4.39 Å². The fourth-order valence-corrected chi connectivity index (χ4v) is 2.76. The van der Waals surface area contributed by atoms with E-state index >= 15 is 0 Å². The van der Waals surface area contributed by atoms with Gasteiger partial charge in [-0.05, 0) is 29.8 Å². The van der Waals surface area contributed by atoms with E-state index in [1.54, 1.807) is 18.2 Å². The number of amides is 1. The van der Waals surface area contributed by atoms with Crippen molar-refractivity contribution in [1.29, 1.82) is 0 Å². The number of hydrogen-bond donors (Lipinski definition) is 0. The van der Waals surface area contributed by atoms with E-state index in [0.29, 0.717) is 11.3 Å². The first-order valence-electron chi connectivity index (χ1n) is 6.07. The number of carbonyl (C=O) groups is 2. The van der Waals surface area contributed by atoms with Gasteiger partial charge in [0.25, 0.3) is 11.7 Å². The van der Waals surface area contributed by atoms with Crippen LogP contribution in [0.1, 0.15) is 15.9 Å². The lowest BCUT2D eigenvalue weighted by Crippen LogP contribution is -2.29. The summed E-state index contributed by atoms with van der Waals surface area (Å²) in [6.45, 7) is 0.0804. The van der Waals surface area contributed by atoms with Crippen molar-refractivity contribution in [3.05, 3.63) is 63.4 Å². The van der Waals surface area contributed by atoms with Crippen molar-refractivity contribution in [2.45, 2.75) is 6.54 Å². The van der Waals surface area contributed by atoms with Gasteiger partial charge in [0.15, 0.2) is 0 Å². The lowest BCUT2D eigenvalue weighted by Gasteiger charge is -2.17. The molecule has 0 bridgehead atoms. The van der Waals surface area contributed by atoms with Gasteiger partial charge in [0.05, 0.1) is 22.8 Å². The first-order chi connectivity index (χ1) is 9.99. The molecule has 0 radical (unpaired) electrons. The molecular formula is C15H8Cl2FNO2. The van der Waals surface area contributed by atoms with Crippen LogP contribution < -0.4 is 4.90 Å². The third-order valence-corrected chi connectivity index (χ3v) is 3.96. The predicted molar refractivity (Wildman–Crippen MR) is 78.4 cm³/mol. The summed E-state index contributed by atoms with van der Waals surface area (Å²) in [5.74, 6) is -1.77. The van der Waals surface area contributed by atoms with E-state index in [1.807, 2.05) is 0 Å². The molecule has 1 heterocycles. The number of rotatable bonds is 2. The highest BCUT2D eigenvalue weighted by atomic mass is 35.5. The van der Waals surface area contributed by atoms with Crippen molar-refractivity contribution in [2.75, 3.05) is 4.90 Å². The highest BCUT2D eigenvalue weighted by molar-refractivity contribution is 6.55. The molecule has 106 valence electrons. The highest BCUT2D eigenvalue weighted by Crippen LogP contribution is 2.35. The normalized spacial score (nSPS) is 13.8. The molecule has 1 aliphatic rings. The Kier molecular flexibility index (Phi) is 3.43. The molecule has 2 aromatic rings. The Hall–Kier alpha value is -1.91. The third kappa shape index (κ3) is 2.30. The van der Waals surface area contributed by atoms with Crippen molar-refractivity contribution in [1.82, 2.24) is 0 Å². The first kappa shape index (κ1) is 14.0. The van der Waals surface area contributed by atoms with Crippen LogP contribution in [0.4, 0.5) is 10.1 Å². The number of benzene rings is 2. The van der Waals surface area contributed by atoms with Gasteiger partial charge in [0.1, 0.15) is 5.82 Å². The van der Waals surface area contributed by atoms with E-state index in [9.17, 15) is 14.0 Å². The Morgan fingerprint density at radius 2 is 1.81 bits per heavy atom. The quantitative estimate of drug-likeness (QED) is 0.787. The van der Waals surface area contributed by atoms with Crippen molar-refractivity contribution < 1.29 is 14.0 Å². The molecule has 21 heavy (non-hydrogen) atoms. The number of ketones is 1. The second-order valence-electron chi connectivity index (χ2n) is 4.59. The van der Waals surface area contributed by atoms with Crippen LogP contribution in [0.15, 0.2) is 36.4 Å². The van der Waals surface area contributed by atoms with E-state index in [0.717, 1.165) is 6.07 Å². The van der Waals surface area contributed by atoms with Gasteiger partial charge in [-0.1, -0.05) is 35.3 Å². The molecule has 3 rings (SSSR count). The summed E-state index contributed by atoms with van der Waals surface area (Å²) in [5.41, 5.74) is 1.19. The van der Waals surface area contributed by atoms with E-state index in [4.69, 9.17) is 23.2 Å². The van der Waals surface area contributed by atoms with Crippen molar-refractivity contribution in [3.63, 3.8) is 0 Å². The molecule has 0 fully saturated rings. The molecule has 0 saturated heterocycles. The molecule has 0 aromatic heterocycles. The first-order valence-corrected chi connectivity index (χ1v) is 6.83. The molecule has 6 heteroatoms. The summed E-state index contributed by atoms with van der Waals surface area (Å²) in [6.07, 6.45) is 0. The Morgan fingerprint density at radius 3 is 2.52 bits per heavy atom. The van der Waals surface area contributed by atoms with Crippen LogP contribution in [0, 0.1) is 5.82 Å². The molecule has 0 atom stereocenters. The summed E-state index contributed by atoms with van der Waals surface area (Å²) in [6, 6.07) is 8.76. The molecule has 3 nitrogen and oxygen atoms in total. The third-order valence-electron chi connectivity index (χ3n) is 3.29. The van der Waals surface area contributed by atoms with Gasteiger partial charge in [-0.3, -0.25) is 9.59 Å². The molecule has 0 N–H and O–H groups in total. The molecule has 0 aliphatic carbocycles. The van der Waals surface area contributed by atoms with Gasteiger partial charge in [-0.15, -0.1) is 0 Å². The summed E-state index contributed by atoms with van der Waals surface area (Å²) < 4.78 is 13.1. The minimum atomic E-state index is -0.668. The van der Waals surface area contributed by atoms with Crippen molar-refractivity contribution >= 4 is 40.6 Å². The van der Waals surface area contributed by atoms with Gasteiger partial charge in [0.2, 0.25) is 0 Å².